The highest BCUT2D eigenvalue weighted by molar-refractivity contribution is 6.07. The number of ether oxygens (including phenoxy) is 1. The van der Waals surface area contributed by atoms with E-state index in [1.54, 1.807) is 30.9 Å². The van der Waals surface area contributed by atoms with E-state index in [9.17, 15) is 9.59 Å². The summed E-state index contributed by atoms with van der Waals surface area (Å²) in [4.78, 5) is 23.8. The minimum absolute atomic E-state index is 0.258. The first-order chi connectivity index (χ1) is 8.10. The first kappa shape index (κ1) is 13.4. The maximum absolute atomic E-state index is 12.1. The summed E-state index contributed by atoms with van der Waals surface area (Å²) in [6, 6.07) is 1.62. The van der Waals surface area contributed by atoms with Crippen LogP contribution in [0.15, 0.2) is 12.3 Å². The summed E-state index contributed by atoms with van der Waals surface area (Å²) < 4.78 is 6.45. The van der Waals surface area contributed by atoms with Crippen LogP contribution >= 0.6 is 0 Å². The van der Waals surface area contributed by atoms with Crippen molar-refractivity contribution >= 4 is 11.8 Å². The molecule has 94 valence electrons. The summed E-state index contributed by atoms with van der Waals surface area (Å²) in [5.74, 6) is -1.44. The summed E-state index contributed by atoms with van der Waals surface area (Å²) in [6.45, 7) is 3.94. The van der Waals surface area contributed by atoms with Gasteiger partial charge in [-0.05, 0) is 19.4 Å². The third kappa shape index (κ3) is 3.41. The maximum atomic E-state index is 12.1. The van der Waals surface area contributed by atoms with Gasteiger partial charge in [0.25, 0.3) is 0 Å². The van der Waals surface area contributed by atoms with E-state index in [1.165, 1.54) is 0 Å². The number of hydrogen-bond donors (Lipinski definition) is 0. The molecule has 0 aliphatic rings. The van der Waals surface area contributed by atoms with Gasteiger partial charge in [-0.25, -0.2) is 0 Å². The molecule has 1 unspecified atom stereocenters. The van der Waals surface area contributed by atoms with Gasteiger partial charge in [-0.15, -0.1) is 0 Å². The van der Waals surface area contributed by atoms with E-state index in [1.807, 2.05) is 6.92 Å². The molecule has 0 N–H and O–H groups in total. The predicted octanol–water partition coefficient (Wildman–Crippen LogP) is 1.58. The number of rotatable bonds is 6. The van der Waals surface area contributed by atoms with E-state index in [4.69, 9.17) is 4.74 Å². The number of carbonyl (C=O) groups excluding carboxylic acids is 2. The van der Waals surface area contributed by atoms with E-state index in [-0.39, 0.29) is 12.4 Å². The highest BCUT2D eigenvalue weighted by Gasteiger charge is 2.29. The second-order valence-corrected chi connectivity index (χ2v) is 3.83. The fourth-order valence-corrected chi connectivity index (χ4v) is 1.61. The summed E-state index contributed by atoms with van der Waals surface area (Å²) >= 11 is 0. The first-order valence-corrected chi connectivity index (χ1v) is 5.80. The smallest absolute Gasteiger partial charge is 0.316 e. The van der Waals surface area contributed by atoms with E-state index in [0.29, 0.717) is 12.1 Å². The zero-order valence-electron chi connectivity index (χ0n) is 10.5. The van der Waals surface area contributed by atoms with Crippen molar-refractivity contribution < 1.29 is 14.3 Å². The van der Waals surface area contributed by atoms with Crippen molar-refractivity contribution in [1.29, 1.82) is 0 Å². The number of hydrogen-bond acceptors (Lipinski definition) is 4. The molecule has 1 rings (SSSR count). The van der Waals surface area contributed by atoms with Gasteiger partial charge in [0, 0.05) is 13.2 Å². The van der Waals surface area contributed by atoms with Crippen LogP contribution in [0.1, 0.15) is 37.2 Å². The van der Waals surface area contributed by atoms with Crippen LogP contribution in [0, 0.1) is 5.92 Å². The van der Waals surface area contributed by atoms with Crippen LogP contribution in [0.4, 0.5) is 0 Å². The van der Waals surface area contributed by atoms with Gasteiger partial charge in [0.05, 0.1) is 6.61 Å². The summed E-state index contributed by atoms with van der Waals surface area (Å²) in [7, 11) is 1.73. The summed E-state index contributed by atoms with van der Waals surface area (Å²) in [6.07, 6.45) is 2.93. The summed E-state index contributed by atoms with van der Waals surface area (Å²) in [5, 5.41) is 4.02. The van der Waals surface area contributed by atoms with Crippen LogP contribution in [-0.4, -0.2) is 28.1 Å². The average molecular weight is 238 g/mol. The molecule has 0 saturated carbocycles. The molecule has 1 aromatic rings. The number of carbonyl (C=O) groups is 2. The van der Waals surface area contributed by atoms with Gasteiger partial charge in [-0.1, -0.05) is 13.3 Å². The Morgan fingerprint density at radius 2 is 2.18 bits per heavy atom. The molecule has 0 aromatic carbocycles. The normalized spacial score (nSPS) is 12.2. The molecule has 0 amide bonds. The SMILES string of the molecule is CCCC(C(=O)OCC)C(=O)c1ccn(C)n1. The molecule has 1 heterocycles. The van der Waals surface area contributed by atoms with Crippen molar-refractivity contribution in [3.8, 4) is 0 Å². The minimum atomic E-state index is -0.727. The van der Waals surface area contributed by atoms with Gasteiger partial charge in [0.1, 0.15) is 11.6 Å². The molecule has 17 heavy (non-hydrogen) atoms. The highest BCUT2D eigenvalue weighted by Crippen LogP contribution is 2.15. The Kier molecular flexibility index (Phi) is 4.87. The molecule has 0 aliphatic carbocycles. The van der Waals surface area contributed by atoms with Gasteiger partial charge in [0.2, 0.25) is 0 Å². The predicted molar refractivity (Wildman–Crippen MR) is 62.6 cm³/mol. The Morgan fingerprint density at radius 1 is 1.47 bits per heavy atom. The molecule has 5 heteroatoms. The van der Waals surface area contributed by atoms with Gasteiger partial charge < -0.3 is 4.74 Å². The zero-order chi connectivity index (χ0) is 12.8. The Morgan fingerprint density at radius 3 is 2.65 bits per heavy atom. The van der Waals surface area contributed by atoms with Crippen molar-refractivity contribution in [2.24, 2.45) is 13.0 Å². The topological polar surface area (TPSA) is 61.2 Å². The van der Waals surface area contributed by atoms with Gasteiger partial charge in [-0.2, -0.15) is 5.10 Å². The average Bonchev–Trinajstić information content (AvgIpc) is 2.72. The Hall–Kier alpha value is -1.65. The largest absolute Gasteiger partial charge is 0.465 e. The molecule has 0 bridgehead atoms. The quantitative estimate of drug-likeness (QED) is 0.429. The first-order valence-electron chi connectivity index (χ1n) is 5.80. The van der Waals surface area contributed by atoms with Crippen molar-refractivity contribution in [2.75, 3.05) is 6.61 Å². The third-order valence-electron chi connectivity index (χ3n) is 2.43. The lowest BCUT2D eigenvalue weighted by Gasteiger charge is -2.12. The van der Waals surface area contributed by atoms with E-state index in [2.05, 4.69) is 5.10 Å². The number of Topliss-reactive ketones (excluding diaryl/α,β-unsaturated/α-hetero) is 1. The van der Waals surface area contributed by atoms with Crippen molar-refractivity contribution in [3.05, 3.63) is 18.0 Å². The molecule has 1 aromatic heterocycles. The van der Waals surface area contributed by atoms with Crippen LogP contribution in [0.25, 0.3) is 0 Å². The minimum Gasteiger partial charge on any atom is -0.465 e. The monoisotopic (exact) mass is 238 g/mol. The molecule has 0 radical (unpaired) electrons. The molecular weight excluding hydrogens is 220 g/mol. The van der Waals surface area contributed by atoms with E-state index in [0.717, 1.165) is 6.42 Å². The molecular formula is C12H18N2O3. The van der Waals surface area contributed by atoms with E-state index >= 15 is 0 Å². The number of ketones is 1. The van der Waals surface area contributed by atoms with Crippen molar-refractivity contribution in [1.82, 2.24) is 9.78 Å². The second-order valence-electron chi connectivity index (χ2n) is 3.83. The number of aromatic nitrogens is 2. The molecule has 0 spiro atoms. The summed E-state index contributed by atoms with van der Waals surface area (Å²) in [5.41, 5.74) is 0.319. The maximum Gasteiger partial charge on any atom is 0.316 e. The van der Waals surface area contributed by atoms with Gasteiger partial charge >= 0.3 is 5.97 Å². The van der Waals surface area contributed by atoms with E-state index < -0.39 is 11.9 Å². The lowest BCUT2D eigenvalue weighted by atomic mass is 9.97. The van der Waals surface area contributed by atoms with Crippen molar-refractivity contribution in [3.63, 3.8) is 0 Å². The Labute approximate surface area is 101 Å². The van der Waals surface area contributed by atoms with Crippen LogP contribution in [0.3, 0.4) is 0 Å². The fourth-order valence-electron chi connectivity index (χ4n) is 1.61. The molecule has 5 nitrogen and oxygen atoms in total. The standard InChI is InChI=1S/C12H18N2O3/c1-4-6-9(12(16)17-5-2)11(15)10-7-8-14(3)13-10/h7-9H,4-6H2,1-3H3. The number of aryl methyl sites for hydroxylation is 1. The Balaban J connectivity index is 2.83. The highest BCUT2D eigenvalue weighted by atomic mass is 16.5. The lowest BCUT2D eigenvalue weighted by Crippen LogP contribution is -2.26. The van der Waals surface area contributed by atoms with Gasteiger partial charge in [-0.3, -0.25) is 14.3 Å². The van der Waals surface area contributed by atoms with Crippen LogP contribution in [0.2, 0.25) is 0 Å². The van der Waals surface area contributed by atoms with Crippen molar-refractivity contribution in [2.45, 2.75) is 26.7 Å². The third-order valence-corrected chi connectivity index (χ3v) is 2.43. The molecule has 0 aliphatic heterocycles. The number of esters is 1. The van der Waals surface area contributed by atoms with Crippen LogP contribution in [-0.2, 0) is 16.6 Å². The molecule has 0 saturated heterocycles. The van der Waals surface area contributed by atoms with Crippen LogP contribution < -0.4 is 0 Å². The second kappa shape index (κ2) is 6.18. The van der Waals surface area contributed by atoms with Gasteiger partial charge in [0.15, 0.2) is 5.78 Å². The Bertz CT molecular complexity index is 398. The lowest BCUT2D eigenvalue weighted by molar-refractivity contribution is -0.146. The van der Waals surface area contributed by atoms with Crippen LogP contribution in [0.5, 0.6) is 0 Å². The molecule has 1 atom stereocenters. The number of nitrogens with zero attached hydrogens (tertiary/aromatic N) is 2. The molecule has 0 fully saturated rings. The zero-order valence-corrected chi connectivity index (χ0v) is 10.5. The fraction of sp³-hybridized carbons (Fsp3) is 0.583.